The van der Waals surface area contributed by atoms with E-state index in [1.807, 2.05) is 60.7 Å². The predicted molar refractivity (Wildman–Crippen MR) is 144 cm³/mol. The van der Waals surface area contributed by atoms with E-state index in [1.54, 1.807) is 37.6 Å². The number of hydrogen-bond acceptors (Lipinski definition) is 6. The minimum Gasteiger partial charge on any atom is -0.496 e. The lowest BCUT2D eigenvalue weighted by molar-refractivity contribution is 0.419. The number of nitrogens with zero attached hydrogens (tertiary/aromatic N) is 1. The summed E-state index contributed by atoms with van der Waals surface area (Å²) in [5, 5.41) is 7.60. The molecule has 36 heavy (non-hydrogen) atoms. The third kappa shape index (κ3) is 4.78. The maximum absolute atomic E-state index is 13.6. The number of methoxy groups -OCH3 is 1. The van der Waals surface area contributed by atoms with Crippen LogP contribution in [0, 0.1) is 0 Å². The first-order valence-electron chi connectivity index (χ1n) is 11.8. The molecular formula is C28H28N4O3S. The fourth-order valence-electron chi connectivity index (χ4n) is 4.38. The van der Waals surface area contributed by atoms with Crippen LogP contribution in [0.25, 0.3) is 21.8 Å². The van der Waals surface area contributed by atoms with Crippen LogP contribution in [0.2, 0.25) is 0 Å². The molecule has 2 aromatic heterocycles. The molecule has 0 saturated carbocycles. The number of aromatic amines is 1. The van der Waals surface area contributed by atoms with Crippen LogP contribution in [-0.2, 0) is 9.84 Å². The zero-order valence-corrected chi connectivity index (χ0v) is 20.8. The highest BCUT2D eigenvalue weighted by molar-refractivity contribution is 7.91. The van der Waals surface area contributed by atoms with Crippen molar-refractivity contribution in [2.45, 2.75) is 16.7 Å². The van der Waals surface area contributed by atoms with Gasteiger partial charge in [0.25, 0.3) is 0 Å². The standard InChI is InChI=1S/C28H28N4O3S/c1-35-26-18-27(32-25-15-8-6-13-22(25)26)29-16-9-17-30-28(36(33,34)20-10-3-2-4-11-20)23-19-31-24-14-7-5-12-21(23)24/h2-8,10-15,18-19,28,30-31H,9,16-17H2,1H3,(H,29,32). The molecule has 3 N–H and O–H groups in total. The lowest BCUT2D eigenvalue weighted by Crippen LogP contribution is -2.30. The third-order valence-corrected chi connectivity index (χ3v) is 8.14. The van der Waals surface area contributed by atoms with Crippen molar-refractivity contribution in [3.05, 3.63) is 96.7 Å². The van der Waals surface area contributed by atoms with Crippen molar-refractivity contribution in [3.63, 3.8) is 0 Å². The number of sulfone groups is 1. The molecule has 7 nitrogen and oxygen atoms in total. The van der Waals surface area contributed by atoms with E-state index in [0.717, 1.165) is 33.4 Å². The molecule has 0 saturated heterocycles. The Morgan fingerprint density at radius 3 is 2.44 bits per heavy atom. The SMILES string of the molecule is COc1cc(NCCCNC(c2c[nH]c3ccccc23)S(=O)(=O)c2ccccc2)nc2ccccc12. The first kappa shape index (κ1) is 23.8. The van der Waals surface area contributed by atoms with Gasteiger partial charge in [-0.25, -0.2) is 13.4 Å². The molecule has 5 aromatic rings. The van der Waals surface area contributed by atoms with Crippen LogP contribution in [0.3, 0.4) is 0 Å². The second kappa shape index (κ2) is 10.4. The number of ether oxygens (including phenoxy) is 1. The second-order valence-corrected chi connectivity index (χ2v) is 10.5. The third-order valence-electron chi connectivity index (χ3n) is 6.17. The van der Waals surface area contributed by atoms with Crippen LogP contribution < -0.4 is 15.4 Å². The van der Waals surface area contributed by atoms with Gasteiger partial charge >= 0.3 is 0 Å². The molecule has 1 atom stereocenters. The van der Waals surface area contributed by atoms with Gasteiger partial charge in [0, 0.05) is 40.7 Å². The Morgan fingerprint density at radius 1 is 0.917 bits per heavy atom. The molecule has 0 fully saturated rings. The summed E-state index contributed by atoms with van der Waals surface area (Å²) in [7, 11) is -2.02. The quantitative estimate of drug-likeness (QED) is 0.226. The van der Waals surface area contributed by atoms with E-state index in [4.69, 9.17) is 4.74 Å². The van der Waals surface area contributed by atoms with Crippen LogP contribution >= 0.6 is 0 Å². The van der Waals surface area contributed by atoms with Gasteiger partial charge in [0.1, 0.15) is 16.9 Å². The van der Waals surface area contributed by atoms with Crippen LogP contribution in [0.5, 0.6) is 5.75 Å². The summed E-state index contributed by atoms with van der Waals surface area (Å²) in [6, 6.07) is 26.0. The summed E-state index contributed by atoms with van der Waals surface area (Å²) in [6.07, 6.45) is 2.48. The molecule has 0 aliphatic carbocycles. The van der Waals surface area contributed by atoms with Gasteiger partial charge in [-0.1, -0.05) is 48.5 Å². The molecule has 3 aromatic carbocycles. The number of nitrogens with one attached hydrogen (secondary N) is 3. The molecule has 0 aliphatic heterocycles. The van der Waals surface area contributed by atoms with Crippen molar-refractivity contribution in [1.82, 2.24) is 15.3 Å². The number of fused-ring (bicyclic) bond motifs is 2. The number of rotatable bonds is 10. The van der Waals surface area contributed by atoms with Gasteiger partial charge in [-0.2, -0.15) is 0 Å². The highest BCUT2D eigenvalue weighted by Crippen LogP contribution is 2.32. The smallest absolute Gasteiger partial charge is 0.198 e. The molecule has 0 amide bonds. The monoisotopic (exact) mass is 500 g/mol. The van der Waals surface area contributed by atoms with Gasteiger partial charge in [-0.15, -0.1) is 0 Å². The highest BCUT2D eigenvalue weighted by Gasteiger charge is 2.30. The molecule has 0 bridgehead atoms. The number of hydrogen-bond donors (Lipinski definition) is 3. The van der Waals surface area contributed by atoms with Gasteiger partial charge in [0.15, 0.2) is 9.84 Å². The van der Waals surface area contributed by atoms with Crippen molar-refractivity contribution in [1.29, 1.82) is 0 Å². The Labute approximate surface area is 210 Å². The molecule has 8 heteroatoms. The van der Waals surface area contributed by atoms with E-state index in [9.17, 15) is 8.42 Å². The summed E-state index contributed by atoms with van der Waals surface area (Å²) in [5.74, 6) is 1.48. The zero-order chi connectivity index (χ0) is 25.0. The van der Waals surface area contributed by atoms with E-state index < -0.39 is 15.2 Å². The maximum Gasteiger partial charge on any atom is 0.198 e. The van der Waals surface area contributed by atoms with Crippen molar-refractivity contribution in [3.8, 4) is 5.75 Å². The van der Waals surface area contributed by atoms with Crippen molar-refractivity contribution in [2.24, 2.45) is 0 Å². The fourth-order valence-corrected chi connectivity index (χ4v) is 6.06. The van der Waals surface area contributed by atoms with Gasteiger partial charge in [0.2, 0.25) is 0 Å². The Morgan fingerprint density at radius 2 is 1.64 bits per heavy atom. The number of para-hydroxylation sites is 2. The fraction of sp³-hybridized carbons (Fsp3) is 0.179. The molecular weight excluding hydrogens is 472 g/mol. The minimum atomic E-state index is -3.67. The van der Waals surface area contributed by atoms with Gasteiger partial charge in [-0.05, 0) is 43.3 Å². The first-order valence-corrected chi connectivity index (χ1v) is 13.4. The summed E-state index contributed by atoms with van der Waals surface area (Å²) in [6.45, 7) is 1.11. The molecule has 0 spiro atoms. The number of anilines is 1. The van der Waals surface area contributed by atoms with Gasteiger partial charge in [-0.3, -0.25) is 5.32 Å². The average molecular weight is 501 g/mol. The van der Waals surface area contributed by atoms with E-state index in [0.29, 0.717) is 30.0 Å². The highest BCUT2D eigenvalue weighted by atomic mass is 32.2. The normalized spacial score (nSPS) is 12.6. The van der Waals surface area contributed by atoms with Crippen molar-refractivity contribution in [2.75, 3.05) is 25.5 Å². The summed E-state index contributed by atoms with van der Waals surface area (Å²) in [5.41, 5.74) is 2.47. The van der Waals surface area contributed by atoms with E-state index in [1.165, 1.54) is 0 Å². The molecule has 2 heterocycles. The lowest BCUT2D eigenvalue weighted by Gasteiger charge is -2.19. The van der Waals surface area contributed by atoms with Crippen LogP contribution in [0.4, 0.5) is 5.82 Å². The van der Waals surface area contributed by atoms with E-state index in [2.05, 4.69) is 20.6 Å². The van der Waals surface area contributed by atoms with Crippen molar-refractivity contribution < 1.29 is 13.2 Å². The zero-order valence-electron chi connectivity index (χ0n) is 19.9. The Bertz CT molecular complexity index is 1580. The number of pyridine rings is 1. The Hall–Kier alpha value is -3.88. The summed E-state index contributed by atoms with van der Waals surface area (Å²) >= 11 is 0. The largest absolute Gasteiger partial charge is 0.496 e. The number of benzene rings is 3. The van der Waals surface area contributed by atoms with E-state index in [-0.39, 0.29) is 0 Å². The van der Waals surface area contributed by atoms with Gasteiger partial charge < -0.3 is 15.0 Å². The Balaban J connectivity index is 1.31. The average Bonchev–Trinajstić information content (AvgIpc) is 3.34. The maximum atomic E-state index is 13.6. The van der Waals surface area contributed by atoms with Crippen LogP contribution in [0.15, 0.2) is 96.0 Å². The molecule has 0 radical (unpaired) electrons. The molecule has 0 aliphatic rings. The predicted octanol–water partition coefficient (Wildman–Crippen LogP) is 5.29. The molecule has 5 rings (SSSR count). The van der Waals surface area contributed by atoms with Crippen molar-refractivity contribution >= 4 is 37.5 Å². The van der Waals surface area contributed by atoms with E-state index >= 15 is 0 Å². The topological polar surface area (TPSA) is 96.1 Å². The minimum absolute atomic E-state index is 0.290. The summed E-state index contributed by atoms with van der Waals surface area (Å²) < 4.78 is 32.8. The second-order valence-electron chi connectivity index (χ2n) is 8.49. The first-order chi connectivity index (χ1) is 17.6. The number of H-pyrrole nitrogens is 1. The lowest BCUT2D eigenvalue weighted by atomic mass is 10.2. The van der Waals surface area contributed by atoms with Crippen LogP contribution in [-0.4, -0.2) is 38.6 Å². The van der Waals surface area contributed by atoms with Crippen LogP contribution in [0.1, 0.15) is 17.4 Å². The summed E-state index contributed by atoms with van der Waals surface area (Å²) in [4.78, 5) is 8.15. The Kier molecular flexibility index (Phi) is 6.88. The molecule has 184 valence electrons. The van der Waals surface area contributed by atoms with Gasteiger partial charge in [0.05, 0.1) is 17.5 Å². The number of aromatic nitrogens is 2. The molecule has 1 unspecified atom stereocenters.